The van der Waals surface area contributed by atoms with Crippen molar-refractivity contribution in [3.63, 3.8) is 0 Å². The minimum absolute atomic E-state index is 0.0553. The van der Waals surface area contributed by atoms with Crippen molar-refractivity contribution < 1.29 is 9.53 Å². The number of hydrogen-bond acceptors (Lipinski definition) is 3. The fourth-order valence-corrected chi connectivity index (χ4v) is 2.67. The summed E-state index contributed by atoms with van der Waals surface area (Å²) in [6, 6.07) is 8.42. The van der Waals surface area contributed by atoms with Crippen LogP contribution >= 0.6 is 0 Å². The van der Waals surface area contributed by atoms with Crippen LogP contribution in [0.2, 0.25) is 0 Å². The van der Waals surface area contributed by atoms with Gasteiger partial charge in [-0.3, -0.25) is 9.69 Å². The van der Waals surface area contributed by atoms with Gasteiger partial charge >= 0.3 is 0 Å². The molecule has 1 aromatic carbocycles. The molecule has 1 atom stereocenters. The zero-order valence-electron chi connectivity index (χ0n) is 12.0. The average molecular weight is 274 g/mol. The van der Waals surface area contributed by atoms with Crippen molar-refractivity contribution in [1.82, 2.24) is 10.2 Å². The number of nitrogens with one attached hydrogen (secondary N) is 1. The topological polar surface area (TPSA) is 41.6 Å². The molecule has 0 aromatic heterocycles. The quantitative estimate of drug-likeness (QED) is 0.808. The van der Waals surface area contributed by atoms with E-state index in [-0.39, 0.29) is 5.91 Å². The summed E-state index contributed by atoms with van der Waals surface area (Å²) in [7, 11) is 1.67. The standard InChI is InChI=1S/C16H22N2O2/c1-3-9-17-16(19)12-18-10-5-8-15(18)13-6-4-7-14(11-13)20-2/h3-4,6-7,11,15H,1,5,8-10,12H2,2H3,(H,17,19). The Labute approximate surface area is 120 Å². The van der Waals surface area contributed by atoms with Crippen molar-refractivity contribution in [2.75, 3.05) is 26.7 Å². The second kappa shape index (κ2) is 7.10. The molecule has 1 N–H and O–H groups in total. The summed E-state index contributed by atoms with van der Waals surface area (Å²) in [5.41, 5.74) is 1.22. The molecule has 1 heterocycles. The van der Waals surface area contributed by atoms with Gasteiger partial charge in [-0.2, -0.15) is 0 Å². The molecule has 2 rings (SSSR count). The van der Waals surface area contributed by atoms with E-state index in [1.807, 2.05) is 12.1 Å². The minimum Gasteiger partial charge on any atom is -0.497 e. The lowest BCUT2D eigenvalue weighted by Crippen LogP contribution is -2.36. The molecule has 0 aliphatic carbocycles. The number of nitrogens with zero attached hydrogens (tertiary/aromatic N) is 1. The van der Waals surface area contributed by atoms with E-state index >= 15 is 0 Å². The van der Waals surface area contributed by atoms with Crippen molar-refractivity contribution in [3.05, 3.63) is 42.5 Å². The van der Waals surface area contributed by atoms with Gasteiger partial charge in [-0.15, -0.1) is 6.58 Å². The Morgan fingerprint density at radius 3 is 3.20 bits per heavy atom. The Balaban J connectivity index is 2.02. The normalized spacial score (nSPS) is 18.8. The first kappa shape index (κ1) is 14.6. The predicted octanol–water partition coefficient (Wildman–Crippen LogP) is 2.13. The molecule has 4 nitrogen and oxygen atoms in total. The molecule has 20 heavy (non-hydrogen) atoms. The summed E-state index contributed by atoms with van der Waals surface area (Å²) >= 11 is 0. The smallest absolute Gasteiger partial charge is 0.234 e. The van der Waals surface area contributed by atoms with Crippen molar-refractivity contribution in [3.8, 4) is 5.75 Å². The molecule has 1 unspecified atom stereocenters. The third-order valence-corrected chi connectivity index (χ3v) is 3.63. The fraction of sp³-hybridized carbons (Fsp3) is 0.438. The van der Waals surface area contributed by atoms with Crippen LogP contribution in [0.5, 0.6) is 5.75 Å². The molecule has 0 radical (unpaired) electrons. The number of benzene rings is 1. The van der Waals surface area contributed by atoms with Gasteiger partial charge in [-0.1, -0.05) is 18.2 Å². The maximum atomic E-state index is 11.8. The number of hydrogen-bond donors (Lipinski definition) is 1. The molecular formula is C16H22N2O2. The van der Waals surface area contributed by atoms with Gasteiger partial charge in [0.1, 0.15) is 5.75 Å². The summed E-state index contributed by atoms with van der Waals surface area (Å²) in [6.45, 7) is 5.53. The summed E-state index contributed by atoms with van der Waals surface area (Å²) in [4.78, 5) is 14.1. The summed E-state index contributed by atoms with van der Waals surface area (Å²) in [6.07, 6.45) is 3.90. The number of likely N-dealkylation sites (tertiary alicyclic amines) is 1. The van der Waals surface area contributed by atoms with Gasteiger partial charge in [0, 0.05) is 12.6 Å². The van der Waals surface area contributed by atoms with Crippen LogP contribution in [0.4, 0.5) is 0 Å². The molecule has 0 spiro atoms. The number of rotatable bonds is 6. The lowest BCUT2D eigenvalue weighted by atomic mass is 10.0. The Kier molecular flexibility index (Phi) is 5.18. The van der Waals surface area contributed by atoms with Crippen molar-refractivity contribution in [2.24, 2.45) is 0 Å². The van der Waals surface area contributed by atoms with Gasteiger partial charge in [0.25, 0.3) is 0 Å². The molecule has 0 saturated carbocycles. The van der Waals surface area contributed by atoms with E-state index in [4.69, 9.17) is 4.74 Å². The van der Waals surface area contributed by atoms with E-state index in [0.717, 1.165) is 25.1 Å². The maximum Gasteiger partial charge on any atom is 0.234 e. The SMILES string of the molecule is C=CCNC(=O)CN1CCCC1c1cccc(OC)c1. The molecule has 1 fully saturated rings. The third kappa shape index (κ3) is 3.61. The lowest BCUT2D eigenvalue weighted by molar-refractivity contribution is -0.122. The highest BCUT2D eigenvalue weighted by molar-refractivity contribution is 5.78. The van der Waals surface area contributed by atoms with Crippen LogP contribution in [-0.4, -0.2) is 37.6 Å². The highest BCUT2D eigenvalue weighted by Crippen LogP contribution is 2.32. The largest absolute Gasteiger partial charge is 0.497 e. The Hall–Kier alpha value is -1.81. The zero-order chi connectivity index (χ0) is 14.4. The Morgan fingerprint density at radius 1 is 1.60 bits per heavy atom. The van der Waals surface area contributed by atoms with Crippen LogP contribution in [0.1, 0.15) is 24.4 Å². The molecule has 1 aliphatic rings. The first-order valence-electron chi connectivity index (χ1n) is 7.00. The van der Waals surface area contributed by atoms with E-state index < -0.39 is 0 Å². The van der Waals surface area contributed by atoms with E-state index in [9.17, 15) is 4.79 Å². The van der Waals surface area contributed by atoms with Crippen LogP contribution in [0.15, 0.2) is 36.9 Å². The number of carbonyl (C=O) groups excluding carboxylic acids is 1. The van der Waals surface area contributed by atoms with E-state index in [1.165, 1.54) is 5.56 Å². The summed E-state index contributed by atoms with van der Waals surface area (Å²) < 4.78 is 5.27. The molecular weight excluding hydrogens is 252 g/mol. The van der Waals surface area contributed by atoms with E-state index in [2.05, 4.69) is 28.9 Å². The molecule has 4 heteroatoms. The highest BCUT2D eigenvalue weighted by Gasteiger charge is 2.27. The predicted molar refractivity (Wildman–Crippen MR) is 79.7 cm³/mol. The Bertz CT molecular complexity index is 473. The van der Waals surface area contributed by atoms with E-state index in [0.29, 0.717) is 19.1 Å². The minimum atomic E-state index is 0.0553. The van der Waals surface area contributed by atoms with Crippen molar-refractivity contribution in [1.29, 1.82) is 0 Å². The van der Waals surface area contributed by atoms with E-state index in [1.54, 1.807) is 13.2 Å². The summed E-state index contributed by atoms with van der Waals surface area (Å²) in [5, 5.41) is 2.83. The second-order valence-corrected chi connectivity index (χ2v) is 5.00. The molecule has 1 saturated heterocycles. The maximum absolute atomic E-state index is 11.8. The zero-order valence-corrected chi connectivity index (χ0v) is 12.0. The Morgan fingerprint density at radius 2 is 2.45 bits per heavy atom. The lowest BCUT2D eigenvalue weighted by Gasteiger charge is -2.24. The monoisotopic (exact) mass is 274 g/mol. The molecule has 108 valence electrons. The first-order chi connectivity index (χ1) is 9.74. The van der Waals surface area contributed by atoms with Crippen molar-refractivity contribution in [2.45, 2.75) is 18.9 Å². The van der Waals surface area contributed by atoms with Crippen LogP contribution in [0.25, 0.3) is 0 Å². The van der Waals surface area contributed by atoms with Gasteiger partial charge in [-0.25, -0.2) is 0 Å². The summed E-state index contributed by atoms with van der Waals surface area (Å²) in [5.74, 6) is 0.921. The van der Waals surface area contributed by atoms with Gasteiger partial charge in [0.05, 0.1) is 13.7 Å². The number of ether oxygens (including phenoxy) is 1. The molecule has 1 amide bonds. The average Bonchev–Trinajstić information content (AvgIpc) is 2.93. The highest BCUT2D eigenvalue weighted by atomic mass is 16.5. The van der Waals surface area contributed by atoms with Gasteiger partial charge in [0.2, 0.25) is 5.91 Å². The van der Waals surface area contributed by atoms with Crippen LogP contribution < -0.4 is 10.1 Å². The van der Waals surface area contributed by atoms with Crippen LogP contribution in [0, 0.1) is 0 Å². The van der Waals surface area contributed by atoms with Crippen LogP contribution in [0.3, 0.4) is 0 Å². The number of methoxy groups -OCH3 is 1. The molecule has 0 bridgehead atoms. The molecule has 1 aromatic rings. The third-order valence-electron chi connectivity index (χ3n) is 3.63. The van der Waals surface area contributed by atoms with Crippen molar-refractivity contribution >= 4 is 5.91 Å². The van der Waals surface area contributed by atoms with Gasteiger partial charge in [0.15, 0.2) is 0 Å². The number of amides is 1. The first-order valence-corrected chi connectivity index (χ1v) is 7.00. The second-order valence-electron chi connectivity index (χ2n) is 5.00. The van der Waals surface area contributed by atoms with Crippen LogP contribution in [-0.2, 0) is 4.79 Å². The van der Waals surface area contributed by atoms with Gasteiger partial charge in [-0.05, 0) is 37.1 Å². The number of carbonyl (C=O) groups is 1. The van der Waals surface area contributed by atoms with Gasteiger partial charge < -0.3 is 10.1 Å². The molecule has 1 aliphatic heterocycles. The fourth-order valence-electron chi connectivity index (χ4n) is 2.67.